The van der Waals surface area contributed by atoms with E-state index >= 15 is 0 Å². The van der Waals surface area contributed by atoms with Gasteiger partial charge in [0.2, 0.25) is 10.2 Å². The molecule has 0 fully saturated rings. The van der Waals surface area contributed by atoms with Crippen LogP contribution in [0.1, 0.15) is 0 Å². The lowest BCUT2D eigenvalue weighted by atomic mass is 10.2. The van der Waals surface area contributed by atoms with Gasteiger partial charge in [0.25, 0.3) is 0 Å². The highest BCUT2D eigenvalue weighted by molar-refractivity contribution is 7.22. The van der Waals surface area contributed by atoms with Gasteiger partial charge in [0, 0.05) is 30.6 Å². The van der Waals surface area contributed by atoms with Gasteiger partial charge in [-0.3, -0.25) is 0 Å². The molecular formula is C20H17IN4S. The number of thiazole rings is 1. The Balaban J connectivity index is 0.00000196. The maximum atomic E-state index is 4.41. The predicted octanol–water partition coefficient (Wildman–Crippen LogP) is 3.68. The van der Waals surface area contributed by atoms with Crippen LogP contribution in [0, 0.1) is 0 Å². The van der Waals surface area contributed by atoms with Gasteiger partial charge in [-0.05, 0) is 48.5 Å². The Bertz CT molecular complexity index is 1030. The minimum atomic E-state index is 0. The third kappa shape index (κ3) is 4.08. The van der Waals surface area contributed by atoms with Crippen LogP contribution in [0.25, 0.3) is 10.2 Å². The molecule has 1 heterocycles. The number of azo groups is 1. The van der Waals surface area contributed by atoms with Gasteiger partial charge in [0.05, 0.1) is 17.0 Å². The summed E-state index contributed by atoms with van der Waals surface area (Å²) in [5.41, 5.74) is 4.09. The fraction of sp³-hybridized carbons (Fsp3) is 0.0500. The molecule has 0 spiro atoms. The average Bonchev–Trinajstić information content (AvgIpc) is 2.98. The normalized spacial score (nSPS) is 10.8. The smallest absolute Gasteiger partial charge is 0.318 e. The van der Waals surface area contributed by atoms with Gasteiger partial charge in [-0.1, -0.05) is 23.3 Å². The van der Waals surface area contributed by atoms with Gasteiger partial charge >= 0.3 is 5.13 Å². The second-order valence-electron chi connectivity index (χ2n) is 5.65. The number of aromatic nitrogens is 1. The predicted molar refractivity (Wildman–Crippen MR) is 106 cm³/mol. The molecule has 1 N–H and O–H groups in total. The Hall–Kier alpha value is -2.32. The highest BCUT2D eigenvalue weighted by Crippen LogP contribution is 2.32. The van der Waals surface area contributed by atoms with E-state index in [9.17, 15) is 0 Å². The van der Waals surface area contributed by atoms with Crippen LogP contribution >= 0.6 is 11.3 Å². The molecule has 4 aromatic rings. The van der Waals surface area contributed by atoms with Gasteiger partial charge in [-0.2, -0.15) is 0 Å². The zero-order chi connectivity index (χ0) is 17.1. The molecule has 6 heteroatoms. The average molecular weight is 472 g/mol. The van der Waals surface area contributed by atoms with Crippen molar-refractivity contribution in [1.82, 2.24) is 4.57 Å². The van der Waals surface area contributed by atoms with Crippen LogP contribution < -0.4 is 29.3 Å². The third-order valence-corrected chi connectivity index (χ3v) is 5.00. The fourth-order valence-corrected chi connectivity index (χ4v) is 3.55. The molecular weight excluding hydrogens is 455 g/mol. The monoisotopic (exact) mass is 472 g/mol. The van der Waals surface area contributed by atoms with Gasteiger partial charge < -0.3 is 29.3 Å². The van der Waals surface area contributed by atoms with Crippen molar-refractivity contribution in [1.29, 1.82) is 0 Å². The van der Waals surface area contributed by atoms with Crippen molar-refractivity contribution in [2.75, 3.05) is 5.32 Å². The number of anilines is 2. The number of hydrogen-bond acceptors (Lipinski definition) is 4. The topological polar surface area (TPSA) is 41.7 Å². The second kappa shape index (κ2) is 8.37. The van der Waals surface area contributed by atoms with Crippen LogP contribution in [-0.2, 0) is 7.05 Å². The quantitative estimate of drug-likeness (QED) is 0.275. The summed E-state index contributed by atoms with van der Waals surface area (Å²) >= 11 is 1.64. The number of aryl methyl sites for hydroxylation is 1. The molecule has 0 atom stereocenters. The zero-order valence-electron chi connectivity index (χ0n) is 14.1. The van der Waals surface area contributed by atoms with E-state index in [-0.39, 0.29) is 24.0 Å². The van der Waals surface area contributed by atoms with Gasteiger partial charge in [0.1, 0.15) is 0 Å². The summed E-state index contributed by atoms with van der Waals surface area (Å²) in [6, 6.07) is 26.3. The maximum Gasteiger partial charge on any atom is 0.318 e. The minimum absolute atomic E-state index is 0. The Kier molecular flexibility index (Phi) is 5.95. The van der Waals surface area contributed by atoms with Crippen LogP contribution in [-0.4, -0.2) is 4.57 Å². The van der Waals surface area contributed by atoms with Crippen molar-refractivity contribution >= 4 is 43.7 Å². The van der Waals surface area contributed by atoms with E-state index in [0.717, 1.165) is 22.2 Å². The molecule has 4 nitrogen and oxygen atoms in total. The SMILES string of the molecule is Cn1c2ccccc2s[c+]1N=Nc1ccc(Nc2ccccc2)cc1.[I-]. The summed E-state index contributed by atoms with van der Waals surface area (Å²) in [5, 5.41) is 13.0. The van der Waals surface area contributed by atoms with Gasteiger partial charge in [-0.25, -0.2) is 4.57 Å². The number of para-hydroxylation sites is 2. The summed E-state index contributed by atoms with van der Waals surface area (Å²) < 4.78 is 3.27. The van der Waals surface area contributed by atoms with Crippen LogP contribution in [0.4, 0.5) is 22.2 Å². The molecule has 3 aromatic carbocycles. The second-order valence-corrected chi connectivity index (χ2v) is 6.66. The van der Waals surface area contributed by atoms with E-state index in [1.54, 1.807) is 11.3 Å². The molecule has 0 aliphatic heterocycles. The molecule has 0 amide bonds. The Morgan fingerprint density at radius 2 is 1.50 bits per heavy atom. The maximum absolute atomic E-state index is 4.41. The molecule has 0 saturated heterocycles. The van der Waals surface area contributed by atoms with Crippen LogP contribution in [0.5, 0.6) is 0 Å². The van der Waals surface area contributed by atoms with Crippen LogP contribution in [0.15, 0.2) is 89.1 Å². The highest BCUT2D eigenvalue weighted by Gasteiger charge is 2.15. The Morgan fingerprint density at radius 1 is 0.846 bits per heavy atom. The third-order valence-electron chi connectivity index (χ3n) is 3.90. The number of benzene rings is 3. The molecule has 1 aromatic heterocycles. The number of fused-ring (bicyclic) bond motifs is 1. The molecule has 0 aliphatic carbocycles. The van der Waals surface area contributed by atoms with Crippen LogP contribution in [0.2, 0.25) is 0 Å². The number of hydrogen-bond donors (Lipinski definition) is 1. The number of rotatable bonds is 4. The first kappa shape index (κ1) is 18.5. The molecule has 0 bridgehead atoms. The van der Waals surface area contributed by atoms with Crippen molar-refractivity contribution in [2.45, 2.75) is 0 Å². The highest BCUT2D eigenvalue weighted by atomic mass is 127. The summed E-state index contributed by atoms with van der Waals surface area (Å²) in [4.78, 5) is 0. The van der Waals surface area contributed by atoms with Gasteiger partial charge in [0.15, 0.2) is 0 Å². The first-order chi connectivity index (χ1) is 12.3. The van der Waals surface area contributed by atoms with E-state index in [4.69, 9.17) is 0 Å². The summed E-state index contributed by atoms with van der Waals surface area (Å²) in [6.45, 7) is 0. The summed E-state index contributed by atoms with van der Waals surface area (Å²) in [5.74, 6) is 0. The Labute approximate surface area is 173 Å². The number of halogens is 1. The lowest BCUT2D eigenvalue weighted by Crippen LogP contribution is -3.00. The standard InChI is InChI=1S/C20H17N4S.HI/c1-24-18-9-5-6-10-19(18)25-20(24)23-22-17-13-11-16(12-14-17)21-15-7-3-2-4-8-15;/h2-14,21H,1H3;1H/q+1;/p-1. The molecule has 0 aliphatic rings. The molecule has 130 valence electrons. The number of nitrogens with zero attached hydrogens (tertiary/aromatic N) is 3. The Morgan fingerprint density at radius 3 is 2.23 bits per heavy atom. The molecule has 0 saturated carbocycles. The van der Waals surface area contributed by atoms with Crippen LogP contribution in [0.3, 0.4) is 0 Å². The zero-order valence-corrected chi connectivity index (χ0v) is 17.1. The van der Waals surface area contributed by atoms with Gasteiger partial charge in [-0.15, -0.1) is 5.11 Å². The number of nitrogens with one attached hydrogen (secondary N) is 1. The molecule has 4 rings (SSSR count). The van der Waals surface area contributed by atoms with Crippen molar-refractivity contribution in [2.24, 2.45) is 17.3 Å². The van der Waals surface area contributed by atoms with E-state index in [1.165, 1.54) is 10.2 Å². The first-order valence-electron chi connectivity index (χ1n) is 8.01. The summed E-state index contributed by atoms with van der Waals surface area (Å²) in [7, 11) is 2.01. The first-order valence-corrected chi connectivity index (χ1v) is 8.83. The fourth-order valence-electron chi connectivity index (χ4n) is 2.58. The van der Waals surface area contributed by atoms with E-state index in [1.807, 2.05) is 73.8 Å². The van der Waals surface area contributed by atoms with E-state index in [0.29, 0.717) is 0 Å². The summed E-state index contributed by atoms with van der Waals surface area (Å²) in [6.07, 6.45) is 0. The molecule has 0 unspecified atom stereocenters. The van der Waals surface area contributed by atoms with E-state index in [2.05, 4.69) is 32.2 Å². The lowest BCUT2D eigenvalue weighted by molar-refractivity contribution is -0.00000490. The van der Waals surface area contributed by atoms with Crippen molar-refractivity contribution in [3.8, 4) is 0 Å². The minimum Gasteiger partial charge on any atom is -1.00 e. The lowest BCUT2D eigenvalue weighted by Gasteiger charge is -2.05. The molecule has 26 heavy (non-hydrogen) atoms. The largest absolute Gasteiger partial charge is 1.00 e. The van der Waals surface area contributed by atoms with E-state index < -0.39 is 0 Å². The van der Waals surface area contributed by atoms with Crippen molar-refractivity contribution in [3.63, 3.8) is 0 Å². The van der Waals surface area contributed by atoms with Crippen molar-refractivity contribution in [3.05, 3.63) is 78.9 Å². The molecule has 0 radical (unpaired) electrons. The van der Waals surface area contributed by atoms with Crippen molar-refractivity contribution < 1.29 is 24.0 Å².